The molecule has 2 N–H and O–H groups in total. The van der Waals surface area contributed by atoms with Gasteiger partial charge in [-0.15, -0.1) is 0 Å². The lowest BCUT2D eigenvalue weighted by Gasteiger charge is -2.27. The van der Waals surface area contributed by atoms with Gasteiger partial charge in [0.15, 0.2) is 0 Å². The molecule has 2 saturated carbocycles. The number of aliphatic hydroxyl groups is 1. The van der Waals surface area contributed by atoms with Gasteiger partial charge in [-0.05, 0) is 43.4 Å². The molecule has 2 fully saturated rings. The van der Waals surface area contributed by atoms with Crippen LogP contribution in [0.3, 0.4) is 0 Å². The van der Waals surface area contributed by atoms with Crippen molar-refractivity contribution in [2.24, 2.45) is 17.8 Å². The van der Waals surface area contributed by atoms with E-state index in [0.29, 0.717) is 12.0 Å². The Kier molecular flexibility index (Phi) is 3.13. The van der Waals surface area contributed by atoms with E-state index in [9.17, 15) is 5.11 Å². The summed E-state index contributed by atoms with van der Waals surface area (Å²) >= 11 is 0. The van der Waals surface area contributed by atoms with Crippen LogP contribution in [-0.4, -0.2) is 23.8 Å². The van der Waals surface area contributed by atoms with Crippen molar-refractivity contribution in [3.63, 3.8) is 0 Å². The topological polar surface area (TPSA) is 32.3 Å². The monoisotopic (exact) mass is 197 g/mol. The van der Waals surface area contributed by atoms with Gasteiger partial charge in [0.25, 0.3) is 0 Å². The minimum atomic E-state index is 0.285. The molecule has 14 heavy (non-hydrogen) atoms. The second kappa shape index (κ2) is 4.19. The third-order valence-corrected chi connectivity index (χ3v) is 3.67. The fourth-order valence-corrected chi connectivity index (χ4v) is 2.27. The van der Waals surface area contributed by atoms with E-state index in [1.165, 1.54) is 25.7 Å². The first-order valence-electron chi connectivity index (χ1n) is 6.09. The van der Waals surface area contributed by atoms with Gasteiger partial charge in [-0.25, -0.2) is 0 Å². The Bertz CT molecular complexity index is 173. The van der Waals surface area contributed by atoms with Crippen molar-refractivity contribution in [2.75, 3.05) is 6.61 Å². The van der Waals surface area contributed by atoms with E-state index in [0.717, 1.165) is 17.9 Å². The molecule has 1 unspecified atom stereocenters. The van der Waals surface area contributed by atoms with Crippen molar-refractivity contribution < 1.29 is 5.11 Å². The summed E-state index contributed by atoms with van der Waals surface area (Å²) in [6.45, 7) is 4.66. The van der Waals surface area contributed by atoms with Gasteiger partial charge in [0.05, 0.1) is 6.61 Å². The van der Waals surface area contributed by atoms with Crippen molar-refractivity contribution in [1.29, 1.82) is 0 Å². The van der Waals surface area contributed by atoms with Crippen LogP contribution in [0.4, 0.5) is 0 Å². The van der Waals surface area contributed by atoms with Crippen LogP contribution in [-0.2, 0) is 0 Å². The maximum atomic E-state index is 9.29. The van der Waals surface area contributed by atoms with E-state index in [-0.39, 0.29) is 6.61 Å². The average Bonchev–Trinajstić information content (AvgIpc) is 3.01. The lowest BCUT2D eigenvalue weighted by Crippen LogP contribution is -2.45. The molecule has 0 aromatic carbocycles. The van der Waals surface area contributed by atoms with Crippen molar-refractivity contribution in [1.82, 2.24) is 5.32 Å². The number of aliphatic hydroxyl groups excluding tert-OH is 1. The molecule has 0 radical (unpaired) electrons. The molecule has 0 amide bonds. The Morgan fingerprint density at radius 2 is 1.64 bits per heavy atom. The van der Waals surface area contributed by atoms with Crippen LogP contribution in [0.1, 0.15) is 39.5 Å². The highest BCUT2D eigenvalue weighted by atomic mass is 16.3. The van der Waals surface area contributed by atoms with E-state index in [2.05, 4.69) is 19.2 Å². The third-order valence-electron chi connectivity index (χ3n) is 3.67. The summed E-state index contributed by atoms with van der Waals surface area (Å²) in [6.07, 6.45) is 5.63. The lowest BCUT2D eigenvalue weighted by molar-refractivity contribution is 0.189. The second-order valence-corrected chi connectivity index (χ2v) is 5.40. The zero-order valence-electron chi connectivity index (χ0n) is 9.37. The van der Waals surface area contributed by atoms with E-state index in [1.807, 2.05) is 0 Å². The van der Waals surface area contributed by atoms with Crippen LogP contribution in [0.2, 0.25) is 0 Å². The fourth-order valence-electron chi connectivity index (χ4n) is 2.27. The van der Waals surface area contributed by atoms with Crippen molar-refractivity contribution in [3.8, 4) is 0 Å². The second-order valence-electron chi connectivity index (χ2n) is 5.40. The summed E-state index contributed by atoms with van der Waals surface area (Å²) in [7, 11) is 0. The van der Waals surface area contributed by atoms with E-state index >= 15 is 0 Å². The Morgan fingerprint density at radius 3 is 1.93 bits per heavy atom. The van der Waals surface area contributed by atoms with Gasteiger partial charge in [0.1, 0.15) is 0 Å². The van der Waals surface area contributed by atoms with Gasteiger partial charge >= 0.3 is 0 Å². The van der Waals surface area contributed by atoms with Crippen molar-refractivity contribution in [3.05, 3.63) is 0 Å². The molecule has 0 aromatic heterocycles. The van der Waals surface area contributed by atoms with Crippen LogP contribution >= 0.6 is 0 Å². The highest BCUT2D eigenvalue weighted by molar-refractivity contribution is 4.97. The minimum absolute atomic E-state index is 0.285. The molecule has 2 aliphatic rings. The molecule has 82 valence electrons. The molecule has 1 atom stereocenters. The van der Waals surface area contributed by atoms with Crippen LogP contribution in [0.25, 0.3) is 0 Å². The third kappa shape index (κ3) is 2.48. The maximum absolute atomic E-state index is 9.29. The van der Waals surface area contributed by atoms with Crippen molar-refractivity contribution in [2.45, 2.75) is 51.6 Å². The van der Waals surface area contributed by atoms with E-state index in [1.54, 1.807) is 0 Å². The summed E-state index contributed by atoms with van der Waals surface area (Å²) in [5.74, 6) is 2.39. The molecule has 0 aliphatic heterocycles. The Hall–Kier alpha value is -0.0800. The van der Waals surface area contributed by atoms with Gasteiger partial charge in [0, 0.05) is 12.1 Å². The molecule has 2 heteroatoms. The van der Waals surface area contributed by atoms with E-state index in [4.69, 9.17) is 0 Å². The highest BCUT2D eigenvalue weighted by Gasteiger charge is 2.42. The summed E-state index contributed by atoms with van der Waals surface area (Å²) in [6, 6.07) is 1.02. The largest absolute Gasteiger partial charge is 0.395 e. The maximum Gasteiger partial charge on any atom is 0.0587 e. The molecule has 0 bridgehead atoms. The van der Waals surface area contributed by atoms with Crippen molar-refractivity contribution >= 4 is 0 Å². The predicted octanol–water partition coefficient (Wildman–Crippen LogP) is 1.78. The first-order chi connectivity index (χ1) is 6.72. The fraction of sp³-hybridized carbons (Fsp3) is 1.00. The minimum Gasteiger partial charge on any atom is -0.395 e. The SMILES string of the molecule is CC(C)C(CO)NC(C1CC1)C1CC1. The lowest BCUT2D eigenvalue weighted by atomic mass is 10.0. The summed E-state index contributed by atoms with van der Waals surface area (Å²) in [5.41, 5.74) is 0. The van der Waals surface area contributed by atoms with E-state index < -0.39 is 0 Å². The van der Waals surface area contributed by atoms with Gasteiger partial charge in [0.2, 0.25) is 0 Å². The predicted molar refractivity (Wildman–Crippen MR) is 58.1 cm³/mol. The molecule has 0 saturated heterocycles. The molecular formula is C12H23NO. The first kappa shape index (κ1) is 10.4. The normalized spacial score (nSPS) is 24.6. The summed E-state index contributed by atoms with van der Waals surface area (Å²) in [5, 5.41) is 13.0. The first-order valence-corrected chi connectivity index (χ1v) is 6.09. The van der Waals surface area contributed by atoms with Crippen LogP contribution in [0.15, 0.2) is 0 Å². The number of hydrogen-bond donors (Lipinski definition) is 2. The van der Waals surface area contributed by atoms with Gasteiger partial charge in [-0.2, -0.15) is 0 Å². The molecule has 0 spiro atoms. The zero-order valence-corrected chi connectivity index (χ0v) is 9.37. The highest BCUT2D eigenvalue weighted by Crippen LogP contribution is 2.44. The van der Waals surface area contributed by atoms with Gasteiger partial charge in [-0.3, -0.25) is 0 Å². The van der Waals surface area contributed by atoms with Gasteiger partial charge < -0.3 is 10.4 Å². The molecule has 0 aromatic rings. The summed E-state index contributed by atoms with van der Waals surface area (Å²) < 4.78 is 0. The smallest absolute Gasteiger partial charge is 0.0587 e. The van der Waals surface area contributed by atoms with Crippen LogP contribution < -0.4 is 5.32 Å². The number of rotatable bonds is 6. The quantitative estimate of drug-likeness (QED) is 0.680. The average molecular weight is 197 g/mol. The van der Waals surface area contributed by atoms with Gasteiger partial charge in [-0.1, -0.05) is 13.8 Å². The molecule has 0 heterocycles. The van der Waals surface area contributed by atoms with Crippen LogP contribution in [0, 0.1) is 17.8 Å². The molecule has 2 rings (SSSR count). The molecular weight excluding hydrogens is 174 g/mol. The molecule has 2 nitrogen and oxygen atoms in total. The Labute approximate surface area is 87.1 Å². The Morgan fingerprint density at radius 1 is 1.14 bits per heavy atom. The zero-order chi connectivity index (χ0) is 10.1. The Balaban J connectivity index is 1.84. The summed E-state index contributed by atoms with van der Waals surface area (Å²) in [4.78, 5) is 0. The standard InChI is InChI=1S/C12H23NO/c1-8(2)11(7-14)13-12(9-3-4-9)10-5-6-10/h8-14H,3-7H2,1-2H3. The number of nitrogens with one attached hydrogen (secondary N) is 1. The molecule has 2 aliphatic carbocycles. The van der Waals surface area contributed by atoms with Crippen LogP contribution in [0.5, 0.6) is 0 Å². The number of hydrogen-bond acceptors (Lipinski definition) is 2.